The van der Waals surface area contributed by atoms with Crippen LogP contribution in [0.4, 0.5) is 11.4 Å². The highest BCUT2D eigenvalue weighted by atomic mass is 35.5. The summed E-state index contributed by atoms with van der Waals surface area (Å²) in [7, 11) is 0. The molecule has 0 spiro atoms. The summed E-state index contributed by atoms with van der Waals surface area (Å²) in [5, 5.41) is 10.4. The van der Waals surface area contributed by atoms with E-state index >= 15 is 0 Å². The lowest BCUT2D eigenvalue weighted by Gasteiger charge is -2.09. The predicted octanol–water partition coefficient (Wildman–Crippen LogP) is 2.11. The molecule has 0 amide bonds. The second-order valence-electron chi connectivity index (χ2n) is 2.53. The number of fused-ring (bicyclic) bond motifs is 1. The van der Waals surface area contributed by atoms with Crippen molar-refractivity contribution in [1.29, 1.82) is 0 Å². The summed E-state index contributed by atoms with van der Waals surface area (Å²) in [5.41, 5.74) is 0.543. The van der Waals surface area contributed by atoms with Gasteiger partial charge in [-0.2, -0.15) is 0 Å². The van der Waals surface area contributed by atoms with Crippen molar-refractivity contribution in [2.45, 2.75) is 0 Å². The van der Waals surface area contributed by atoms with Gasteiger partial charge >= 0.3 is 0 Å². The van der Waals surface area contributed by atoms with E-state index in [0.717, 1.165) is 0 Å². The number of nitro groups is 1. The Kier molecular flexibility index (Phi) is 3.03. The Morgan fingerprint density at radius 3 is 3.00 bits per heavy atom. The van der Waals surface area contributed by atoms with Crippen molar-refractivity contribution in [3.05, 3.63) is 28.3 Å². The maximum absolute atomic E-state index is 10.4. The van der Waals surface area contributed by atoms with Crippen LogP contribution in [0.1, 0.15) is 0 Å². The number of ether oxygens (including phenoxy) is 1. The van der Waals surface area contributed by atoms with E-state index in [1.54, 1.807) is 12.3 Å². The Bertz CT molecular complexity index is 392. The lowest BCUT2D eigenvalue weighted by Crippen LogP contribution is -2.02. The van der Waals surface area contributed by atoms with Crippen LogP contribution in [0.25, 0.3) is 0 Å². The van der Waals surface area contributed by atoms with Crippen molar-refractivity contribution < 1.29 is 9.66 Å². The first kappa shape index (κ1) is 10.5. The first-order valence-electron chi connectivity index (χ1n) is 3.71. The van der Waals surface area contributed by atoms with E-state index in [-0.39, 0.29) is 18.1 Å². The number of aliphatic imine (C=N–C) groups is 1. The number of hydrogen-bond acceptors (Lipinski definition) is 4. The van der Waals surface area contributed by atoms with Crippen molar-refractivity contribution in [3.8, 4) is 5.75 Å². The Hall–Kier alpha value is -1.62. The fraction of sp³-hybridized carbons (Fsp3) is 0.125. The van der Waals surface area contributed by atoms with Crippen LogP contribution in [0.3, 0.4) is 0 Å². The van der Waals surface area contributed by atoms with E-state index < -0.39 is 4.92 Å². The normalized spacial score (nSPS) is 12.3. The van der Waals surface area contributed by atoms with Crippen LogP contribution in [0.2, 0.25) is 0 Å². The van der Waals surface area contributed by atoms with Crippen molar-refractivity contribution in [1.82, 2.24) is 0 Å². The average molecular weight is 215 g/mol. The molecule has 0 saturated heterocycles. The van der Waals surface area contributed by atoms with E-state index in [1.165, 1.54) is 12.1 Å². The van der Waals surface area contributed by atoms with Crippen LogP contribution < -0.4 is 4.74 Å². The average Bonchev–Trinajstić information content (AvgIpc) is 2.17. The van der Waals surface area contributed by atoms with Gasteiger partial charge in [-0.25, -0.2) is 0 Å². The van der Waals surface area contributed by atoms with Gasteiger partial charge in [0.15, 0.2) is 0 Å². The number of benzene rings is 1. The quantitative estimate of drug-likeness (QED) is 0.531. The lowest BCUT2D eigenvalue weighted by molar-refractivity contribution is -0.384. The molecule has 0 aliphatic carbocycles. The Morgan fingerprint density at radius 1 is 1.50 bits per heavy atom. The molecule has 6 heteroatoms. The van der Waals surface area contributed by atoms with Crippen LogP contribution in [0.5, 0.6) is 5.75 Å². The SMILES string of the molecule is Cl.O=[N+]([O-])c1ccc2c(c1)N=CCO2. The van der Waals surface area contributed by atoms with Gasteiger partial charge in [-0.1, -0.05) is 0 Å². The standard InChI is InChI=1S/C8H6N2O3.ClH/c11-10(12)6-1-2-8-7(5-6)9-3-4-13-8;/h1-3,5H,4H2;1H. The Labute approximate surface area is 86.0 Å². The van der Waals surface area contributed by atoms with Gasteiger partial charge in [0.05, 0.1) is 4.92 Å². The number of halogens is 1. The molecule has 1 aromatic carbocycles. The van der Waals surface area contributed by atoms with Crippen molar-refractivity contribution >= 4 is 30.0 Å². The Morgan fingerprint density at radius 2 is 2.29 bits per heavy atom. The molecule has 0 fully saturated rings. The smallest absolute Gasteiger partial charge is 0.271 e. The minimum atomic E-state index is -0.454. The number of non-ortho nitro benzene ring substituents is 1. The second kappa shape index (κ2) is 4.06. The molecule has 74 valence electrons. The van der Waals surface area contributed by atoms with Gasteiger partial charge < -0.3 is 4.74 Å². The molecule has 0 unspecified atom stereocenters. The summed E-state index contributed by atoms with van der Waals surface area (Å²) >= 11 is 0. The van der Waals surface area contributed by atoms with Crippen molar-refractivity contribution in [3.63, 3.8) is 0 Å². The van der Waals surface area contributed by atoms with Crippen LogP contribution >= 0.6 is 12.4 Å². The highest BCUT2D eigenvalue weighted by molar-refractivity contribution is 5.85. The van der Waals surface area contributed by atoms with Crippen LogP contribution in [-0.4, -0.2) is 17.7 Å². The third kappa shape index (κ3) is 1.82. The largest absolute Gasteiger partial charge is 0.486 e. The molecule has 0 radical (unpaired) electrons. The van der Waals surface area contributed by atoms with E-state index in [2.05, 4.69) is 4.99 Å². The van der Waals surface area contributed by atoms with Gasteiger partial charge in [0, 0.05) is 18.3 Å². The highest BCUT2D eigenvalue weighted by Crippen LogP contribution is 2.32. The molecule has 1 heterocycles. The maximum atomic E-state index is 10.4. The van der Waals surface area contributed by atoms with Crippen LogP contribution in [0.15, 0.2) is 23.2 Å². The van der Waals surface area contributed by atoms with Crippen molar-refractivity contribution in [2.24, 2.45) is 4.99 Å². The van der Waals surface area contributed by atoms with Gasteiger partial charge in [-0.15, -0.1) is 12.4 Å². The summed E-state index contributed by atoms with van der Waals surface area (Å²) in [6.07, 6.45) is 1.58. The molecular weight excluding hydrogens is 208 g/mol. The predicted molar refractivity (Wildman–Crippen MR) is 54.0 cm³/mol. The van der Waals surface area contributed by atoms with Crippen LogP contribution in [0, 0.1) is 10.1 Å². The number of hydrogen-bond donors (Lipinski definition) is 0. The third-order valence-corrected chi connectivity index (χ3v) is 1.70. The molecule has 1 aliphatic rings. The zero-order valence-electron chi connectivity index (χ0n) is 7.04. The minimum absolute atomic E-state index is 0. The minimum Gasteiger partial charge on any atom is -0.486 e. The number of rotatable bonds is 1. The summed E-state index contributed by atoms with van der Waals surface area (Å²) in [6.45, 7) is 0.421. The molecule has 1 aliphatic heterocycles. The fourth-order valence-electron chi connectivity index (χ4n) is 1.10. The molecule has 0 aromatic heterocycles. The number of nitrogens with zero attached hydrogens (tertiary/aromatic N) is 2. The third-order valence-electron chi connectivity index (χ3n) is 1.70. The molecule has 14 heavy (non-hydrogen) atoms. The summed E-state index contributed by atoms with van der Waals surface area (Å²) < 4.78 is 5.19. The van der Waals surface area contributed by atoms with Crippen molar-refractivity contribution in [2.75, 3.05) is 6.61 Å². The number of nitro benzene ring substituents is 1. The molecule has 5 nitrogen and oxygen atoms in total. The van der Waals surface area contributed by atoms with E-state index in [1.807, 2.05) is 0 Å². The summed E-state index contributed by atoms with van der Waals surface area (Å²) in [6, 6.07) is 4.36. The maximum Gasteiger partial charge on any atom is 0.271 e. The first-order valence-corrected chi connectivity index (χ1v) is 3.71. The van der Waals surface area contributed by atoms with Gasteiger partial charge in [-0.3, -0.25) is 15.1 Å². The highest BCUT2D eigenvalue weighted by Gasteiger charge is 2.12. The van der Waals surface area contributed by atoms with Gasteiger partial charge in [0.2, 0.25) is 0 Å². The summed E-state index contributed by atoms with van der Waals surface area (Å²) in [4.78, 5) is 13.9. The Balaban J connectivity index is 0.000000980. The first-order chi connectivity index (χ1) is 6.27. The zero-order valence-corrected chi connectivity index (χ0v) is 7.86. The van der Waals surface area contributed by atoms with Crippen LogP contribution in [-0.2, 0) is 0 Å². The second-order valence-corrected chi connectivity index (χ2v) is 2.53. The van der Waals surface area contributed by atoms with Gasteiger partial charge in [0.1, 0.15) is 18.0 Å². The van der Waals surface area contributed by atoms with E-state index in [0.29, 0.717) is 18.0 Å². The molecule has 1 aromatic rings. The lowest BCUT2D eigenvalue weighted by atomic mass is 10.2. The summed E-state index contributed by atoms with van der Waals surface area (Å²) in [5.74, 6) is 0.591. The topological polar surface area (TPSA) is 64.7 Å². The monoisotopic (exact) mass is 214 g/mol. The van der Waals surface area contributed by atoms with Gasteiger partial charge in [-0.05, 0) is 6.07 Å². The van der Waals surface area contributed by atoms with E-state index in [4.69, 9.17) is 4.74 Å². The molecular formula is C8H7ClN2O3. The molecule has 0 bridgehead atoms. The van der Waals surface area contributed by atoms with E-state index in [9.17, 15) is 10.1 Å². The fourth-order valence-corrected chi connectivity index (χ4v) is 1.10. The molecule has 2 rings (SSSR count). The molecule has 0 saturated carbocycles. The molecule has 0 N–H and O–H groups in total. The van der Waals surface area contributed by atoms with Gasteiger partial charge in [0.25, 0.3) is 5.69 Å². The molecule has 0 atom stereocenters. The zero-order chi connectivity index (χ0) is 9.26.